The molecule has 0 unspecified atom stereocenters. The number of aromatic nitrogens is 2. The minimum atomic E-state index is -0.543. The Morgan fingerprint density at radius 3 is 2.74 bits per heavy atom. The molecule has 0 N–H and O–H groups in total. The molecule has 5 nitrogen and oxygen atoms in total. The quantitative estimate of drug-likeness (QED) is 0.547. The highest BCUT2D eigenvalue weighted by Crippen LogP contribution is 2.32. The summed E-state index contributed by atoms with van der Waals surface area (Å²) in [7, 11) is 1.30. The predicted molar refractivity (Wildman–Crippen MR) is 102 cm³/mol. The van der Waals surface area contributed by atoms with Gasteiger partial charge in [-0.1, -0.05) is 12.1 Å². The van der Waals surface area contributed by atoms with Crippen LogP contribution in [0.3, 0.4) is 0 Å². The standard InChI is InChI=1S/C20H16BrFN2O3/c1-26-20(25)17-11-19(12-3-2-4-15(9-12)27-14-6-7-14)24(23-17)18-8-5-13(22)10-16(18)21/h2-5,8-11,14H,6-7H2,1H3. The molecule has 0 bridgehead atoms. The summed E-state index contributed by atoms with van der Waals surface area (Å²) < 4.78 is 26.3. The van der Waals surface area contributed by atoms with Gasteiger partial charge in [-0.05, 0) is 65.2 Å². The van der Waals surface area contributed by atoms with Crippen molar-refractivity contribution in [1.82, 2.24) is 9.78 Å². The summed E-state index contributed by atoms with van der Waals surface area (Å²) in [6.07, 6.45) is 2.41. The summed E-state index contributed by atoms with van der Waals surface area (Å²) in [6, 6.07) is 13.6. The Balaban J connectivity index is 1.83. The van der Waals surface area contributed by atoms with Crippen molar-refractivity contribution >= 4 is 21.9 Å². The molecular formula is C20H16BrFN2O3. The number of rotatable bonds is 5. The lowest BCUT2D eigenvalue weighted by Gasteiger charge is -2.11. The van der Waals surface area contributed by atoms with E-state index in [9.17, 15) is 9.18 Å². The normalized spacial score (nSPS) is 13.4. The van der Waals surface area contributed by atoms with Crippen LogP contribution in [0.15, 0.2) is 53.0 Å². The van der Waals surface area contributed by atoms with Crippen LogP contribution in [0.5, 0.6) is 5.75 Å². The zero-order chi connectivity index (χ0) is 19.0. The maximum Gasteiger partial charge on any atom is 0.358 e. The van der Waals surface area contributed by atoms with Gasteiger partial charge in [-0.3, -0.25) is 0 Å². The lowest BCUT2D eigenvalue weighted by molar-refractivity contribution is 0.0593. The Morgan fingerprint density at radius 1 is 1.22 bits per heavy atom. The topological polar surface area (TPSA) is 53.4 Å². The molecular weight excluding hydrogens is 415 g/mol. The Bertz CT molecular complexity index is 1010. The smallest absolute Gasteiger partial charge is 0.358 e. The average molecular weight is 431 g/mol. The van der Waals surface area contributed by atoms with Crippen LogP contribution in [0.4, 0.5) is 4.39 Å². The molecule has 0 saturated heterocycles. The van der Waals surface area contributed by atoms with E-state index in [4.69, 9.17) is 9.47 Å². The first-order chi connectivity index (χ1) is 13.0. The lowest BCUT2D eigenvalue weighted by Crippen LogP contribution is -2.05. The highest BCUT2D eigenvalue weighted by atomic mass is 79.9. The monoisotopic (exact) mass is 430 g/mol. The summed E-state index contributed by atoms with van der Waals surface area (Å²) in [5.41, 5.74) is 2.27. The first-order valence-corrected chi connectivity index (χ1v) is 9.25. The van der Waals surface area contributed by atoms with Crippen LogP contribution >= 0.6 is 15.9 Å². The molecule has 0 aliphatic heterocycles. The fraction of sp³-hybridized carbons (Fsp3) is 0.200. The van der Waals surface area contributed by atoms with E-state index in [0.29, 0.717) is 15.9 Å². The molecule has 7 heteroatoms. The number of ether oxygens (including phenoxy) is 2. The highest BCUT2D eigenvalue weighted by molar-refractivity contribution is 9.10. The summed E-state index contributed by atoms with van der Waals surface area (Å²) >= 11 is 3.37. The van der Waals surface area contributed by atoms with E-state index in [1.54, 1.807) is 16.8 Å². The number of hydrogen-bond donors (Lipinski definition) is 0. The average Bonchev–Trinajstić information content (AvgIpc) is 3.36. The second kappa shape index (κ2) is 7.15. The van der Waals surface area contributed by atoms with Gasteiger partial charge in [-0.15, -0.1) is 0 Å². The van der Waals surface area contributed by atoms with Gasteiger partial charge < -0.3 is 9.47 Å². The van der Waals surface area contributed by atoms with Crippen molar-refractivity contribution in [1.29, 1.82) is 0 Å². The van der Waals surface area contributed by atoms with Crippen molar-refractivity contribution in [3.63, 3.8) is 0 Å². The number of hydrogen-bond acceptors (Lipinski definition) is 4. The van der Waals surface area contributed by atoms with E-state index < -0.39 is 5.97 Å². The van der Waals surface area contributed by atoms with Gasteiger partial charge in [0.15, 0.2) is 5.69 Å². The van der Waals surface area contributed by atoms with Crippen molar-refractivity contribution in [2.45, 2.75) is 18.9 Å². The van der Waals surface area contributed by atoms with Gasteiger partial charge in [-0.2, -0.15) is 5.10 Å². The van der Waals surface area contributed by atoms with Gasteiger partial charge in [0.05, 0.1) is 24.6 Å². The molecule has 1 aromatic heterocycles. The van der Waals surface area contributed by atoms with Crippen LogP contribution in [0.2, 0.25) is 0 Å². The molecule has 4 rings (SSSR count). The molecule has 1 saturated carbocycles. The number of methoxy groups -OCH3 is 1. The molecule has 1 fully saturated rings. The summed E-state index contributed by atoms with van der Waals surface area (Å²) in [5.74, 6) is -0.147. The third-order valence-corrected chi connectivity index (χ3v) is 4.83. The summed E-state index contributed by atoms with van der Waals surface area (Å²) in [5, 5.41) is 4.37. The van der Waals surface area contributed by atoms with Crippen molar-refractivity contribution in [2.24, 2.45) is 0 Å². The van der Waals surface area contributed by atoms with Crippen LogP contribution < -0.4 is 4.74 Å². The third kappa shape index (κ3) is 3.73. The van der Waals surface area contributed by atoms with E-state index in [1.165, 1.54) is 19.2 Å². The first kappa shape index (κ1) is 17.7. The van der Waals surface area contributed by atoms with E-state index in [2.05, 4.69) is 21.0 Å². The van der Waals surface area contributed by atoms with E-state index >= 15 is 0 Å². The van der Waals surface area contributed by atoms with Crippen molar-refractivity contribution < 1.29 is 18.7 Å². The SMILES string of the molecule is COC(=O)c1cc(-c2cccc(OC3CC3)c2)n(-c2ccc(F)cc2Br)n1. The number of halogens is 2. The Morgan fingerprint density at radius 2 is 2.04 bits per heavy atom. The van der Waals surface area contributed by atoms with Crippen LogP contribution in [-0.2, 0) is 4.74 Å². The second-order valence-electron chi connectivity index (χ2n) is 6.26. The molecule has 0 amide bonds. The van der Waals surface area contributed by atoms with Crippen LogP contribution in [0.25, 0.3) is 16.9 Å². The number of carbonyl (C=O) groups is 1. The Labute approximate surface area is 163 Å². The molecule has 1 aliphatic rings. The molecule has 138 valence electrons. The fourth-order valence-corrected chi connectivity index (χ4v) is 3.25. The maximum absolute atomic E-state index is 13.5. The molecule has 1 aliphatic carbocycles. The van der Waals surface area contributed by atoms with Crippen LogP contribution in [0, 0.1) is 5.82 Å². The summed E-state index contributed by atoms with van der Waals surface area (Å²) in [6.45, 7) is 0. The summed E-state index contributed by atoms with van der Waals surface area (Å²) in [4.78, 5) is 12.0. The molecule has 2 aromatic carbocycles. The van der Waals surface area contributed by atoms with Crippen molar-refractivity contribution in [2.75, 3.05) is 7.11 Å². The minimum Gasteiger partial charge on any atom is -0.490 e. The highest BCUT2D eigenvalue weighted by Gasteiger charge is 2.24. The van der Waals surface area contributed by atoms with Crippen molar-refractivity contribution in [3.8, 4) is 22.7 Å². The zero-order valence-corrected chi connectivity index (χ0v) is 16.1. The number of carbonyl (C=O) groups excluding carboxylic acids is 1. The molecule has 0 spiro atoms. The van der Waals surface area contributed by atoms with Gasteiger partial charge in [-0.25, -0.2) is 13.9 Å². The zero-order valence-electron chi connectivity index (χ0n) is 14.5. The predicted octanol–water partition coefficient (Wildman–Crippen LogP) is 4.77. The first-order valence-electron chi connectivity index (χ1n) is 8.46. The molecule has 1 heterocycles. The lowest BCUT2D eigenvalue weighted by atomic mass is 10.1. The molecule has 3 aromatic rings. The number of benzene rings is 2. The Hall–Kier alpha value is -2.67. The molecule has 0 radical (unpaired) electrons. The van der Waals surface area contributed by atoms with Gasteiger partial charge in [0.25, 0.3) is 0 Å². The largest absolute Gasteiger partial charge is 0.490 e. The second-order valence-corrected chi connectivity index (χ2v) is 7.11. The minimum absolute atomic E-state index is 0.164. The molecule has 27 heavy (non-hydrogen) atoms. The van der Waals surface area contributed by atoms with Gasteiger partial charge in [0.2, 0.25) is 0 Å². The van der Waals surface area contributed by atoms with Gasteiger partial charge in [0.1, 0.15) is 11.6 Å². The fourth-order valence-electron chi connectivity index (χ4n) is 2.73. The molecule has 0 atom stereocenters. The van der Waals surface area contributed by atoms with E-state index in [0.717, 1.165) is 24.2 Å². The van der Waals surface area contributed by atoms with E-state index in [-0.39, 0.29) is 17.6 Å². The van der Waals surface area contributed by atoms with E-state index in [1.807, 2.05) is 24.3 Å². The van der Waals surface area contributed by atoms with Gasteiger partial charge >= 0.3 is 5.97 Å². The third-order valence-electron chi connectivity index (χ3n) is 4.20. The maximum atomic E-state index is 13.5. The van der Waals surface area contributed by atoms with Gasteiger partial charge in [0, 0.05) is 10.0 Å². The number of esters is 1. The van der Waals surface area contributed by atoms with Crippen molar-refractivity contribution in [3.05, 3.63) is 64.5 Å². The number of nitrogens with zero attached hydrogens (tertiary/aromatic N) is 2. The van der Waals surface area contributed by atoms with Crippen LogP contribution in [0.1, 0.15) is 23.3 Å². The van der Waals surface area contributed by atoms with Crippen LogP contribution in [-0.4, -0.2) is 29.0 Å². The Kier molecular flexibility index (Phi) is 4.70.